The summed E-state index contributed by atoms with van der Waals surface area (Å²) in [5.74, 6) is -1.57. The zero-order valence-electron chi connectivity index (χ0n) is 14.3. The van der Waals surface area contributed by atoms with Crippen LogP contribution in [0.25, 0.3) is 0 Å². The summed E-state index contributed by atoms with van der Waals surface area (Å²) in [7, 11) is 0. The number of carboxylic acids is 1. The van der Waals surface area contributed by atoms with Crippen LogP contribution in [0.1, 0.15) is 17.2 Å². The minimum atomic E-state index is -1.27. The fraction of sp³-hybridized carbons (Fsp3) is 0.263. The maximum absolute atomic E-state index is 13.3. The second-order valence-corrected chi connectivity index (χ2v) is 5.56. The molecule has 0 spiro atoms. The van der Waals surface area contributed by atoms with Gasteiger partial charge in [-0.15, -0.1) is 0 Å². The van der Waals surface area contributed by atoms with Gasteiger partial charge in [0.15, 0.2) is 6.04 Å². The molecule has 26 heavy (non-hydrogen) atoms. The highest BCUT2D eigenvalue weighted by Gasteiger charge is 2.22. The molecule has 7 heteroatoms. The van der Waals surface area contributed by atoms with Crippen LogP contribution in [0, 0.1) is 12.7 Å². The maximum atomic E-state index is 13.3. The van der Waals surface area contributed by atoms with Gasteiger partial charge < -0.3 is 19.9 Å². The number of hydrogen-bond donors (Lipinski definition) is 2. The lowest BCUT2D eigenvalue weighted by Crippen LogP contribution is -2.36. The van der Waals surface area contributed by atoms with Crippen molar-refractivity contribution in [2.75, 3.05) is 19.8 Å². The second-order valence-electron chi connectivity index (χ2n) is 5.56. The number of nitrogens with one attached hydrogen (secondary N) is 1. The van der Waals surface area contributed by atoms with Crippen LogP contribution in [0.15, 0.2) is 48.5 Å². The number of aliphatic carboxylic acids is 1. The van der Waals surface area contributed by atoms with E-state index >= 15 is 0 Å². The number of benzene rings is 2. The molecule has 0 bridgehead atoms. The number of carboxylic acid groups (broad SMARTS) is 1. The Bertz CT molecular complexity index is 751. The topological polar surface area (TPSA) is 84.9 Å². The van der Waals surface area contributed by atoms with Crippen LogP contribution in [-0.2, 0) is 14.3 Å². The molecule has 1 amide bonds. The van der Waals surface area contributed by atoms with Crippen molar-refractivity contribution in [2.24, 2.45) is 0 Å². The number of carbonyl (C=O) groups is 2. The summed E-state index contributed by atoms with van der Waals surface area (Å²) in [5.41, 5.74) is 0.592. The standard InChI is InChI=1S/C19H20FNO5/c1-13-11-14(7-8-16(13)20)18(19(23)24)21-17(22)12-25-9-10-26-15-5-3-2-4-6-15/h2-8,11,18H,9-10,12H2,1H3,(H,21,22)(H,23,24). The van der Waals surface area contributed by atoms with Gasteiger partial charge in [-0.25, -0.2) is 9.18 Å². The molecule has 2 N–H and O–H groups in total. The average molecular weight is 361 g/mol. The first-order chi connectivity index (χ1) is 12.5. The second kappa shape index (κ2) is 9.53. The number of ether oxygens (including phenoxy) is 2. The molecule has 0 heterocycles. The van der Waals surface area contributed by atoms with Crippen molar-refractivity contribution in [2.45, 2.75) is 13.0 Å². The molecule has 0 aromatic heterocycles. The number of amides is 1. The number of carbonyl (C=O) groups excluding carboxylic acids is 1. The minimum Gasteiger partial charge on any atom is -0.491 e. The van der Waals surface area contributed by atoms with Crippen LogP contribution < -0.4 is 10.1 Å². The molecule has 138 valence electrons. The highest BCUT2D eigenvalue weighted by Crippen LogP contribution is 2.17. The summed E-state index contributed by atoms with van der Waals surface area (Å²) in [6.07, 6.45) is 0. The molecule has 0 radical (unpaired) electrons. The largest absolute Gasteiger partial charge is 0.491 e. The summed E-state index contributed by atoms with van der Waals surface area (Å²) in [4.78, 5) is 23.3. The van der Waals surface area contributed by atoms with Crippen LogP contribution in [0.5, 0.6) is 5.75 Å². The maximum Gasteiger partial charge on any atom is 0.330 e. The molecule has 0 saturated carbocycles. The molecule has 2 aromatic rings. The van der Waals surface area contributed by atoms with Gasteiger partial charge in [-0.3, -0.25) is 4.79 Å². The molecule has 1 unspecified atom stereocenters. The van der Waals surface area contributed by atoms with E-state index in [-0.39, 0.29) is 25.4 Å². The van der Waals surface area contributed by atoms with Crippen LogP contribution in [-0.4, -0.2) is 36.8 Å². The lowest BCUT2D eigenvalue weighted by Gasteiger charge is -2.16. The summed E-state index contributed by atoms with van der Waals surface area (Å²) in [5, 5.41) is 11.7. The third kappa shape index (κ3) is 5.86. The monoisotopic (exact) mass is 361 g/mol. The zero-order valence-corrected chi connectivity index (χ0v) is 14.3. The van der Waals surface area contributed by atoms with Crippen molar-refractivity contribution < 1.29 is 28.6 Å². The molecule has 6 nitrogen and oxygen atoms in total. The van der Waals surface area contributed by atoms with E-state index in [1.54, 1.807) is 12.1 Å². The first-order valence-electron chi connectivity index (χ1n) is 8.01. The highest BCUT2D eigenvalue weighted by atomic mass is 19.1. The highest BCUT2D eigenvalue weighted by molar-refractivity contribution is 5.85. The third-order valence-corrected chi connectivity index (χ3v) is 3.54. The number of halogens is 1. The average Bonchev–Trinajstić information content (AvgIpc) is 2.62. The van der Waals surface area contributed by atoms with Crippen LogP contribution in [0.3, 0.4) is 0 Å². The zero-order chi connectivity index (χ0) is 18.9. The smallest absolute Gasteiger partial charge is 0.330 e. The summed E-state index contributed by atoms with van der Waals surface area (Å²) < 4.78 is 23.9. The van der Waals surface area contributed by atoms with Gasteiger partial charge in [0.05, 0.1) is 6.61 Å². The van der Waals surface area contributed by atoms with E-state index in [1.165, 1.54) is 25.1 Å². The molecule has 0 saturated heterocycles. The van der Waals surface area contributed by atoms with Crippen molar-refractivity contribution in [3.8, 4) is 5.75 Å². The third-order valence-electron chi connectivity index (χ3n) is 3.54. The lowest BCUT2D eigenvalue weighted by atomic mass is 10.0. The number of hydrogen-bond acceptors (Lipinski definition) is 4. The number of para-hydroxylation sites is 1. The molecule has 1 atom stereocenters. The summed E-state index contributed by atoms with van der Waals surface area (Å²) >= 11 is 0. The fourth-order valence-electron chi connectivity index (χ4n) is 2.24. The van der Waals surface area contributed by atoms with Crippen LogP contribution in [0.2, 0.25) is 0 Å². The van der Waals surface area contributed by atoms with E-state index in [9.17, 15) is 19.1 Å². The van der Waals surface area contributed by atoms with E-state index in [1.807, 2.05) is 18.2 Å². The molecule has 0 aliphatic heterocycles. The van der Waals surface area contributed by atoms with Crippen molar-refractivity contribution >= 4 is 11.9 Å². The van der Waals surface area contributed by atoms with Crippen LogP contribution in [0.4, 0.5) is 4.39 Å². The Hall–Kier alpha value is -2.93. The Morgan fingerprint density at radius 3 is 2.54 bits per heavy atom. The summed E-state index contributed by atoms with van der Waals surface area (Å²) in [6, 6.07) is 11.8. The van der Waals surface area contributed by atoms with Gasteiger partial charge in [-0.05, 0) is 36.2 Å². The minimum absolute atomic E-state index is 0.176. The van der Waals surface area contributed by atoms with Gasteiger partial charge in [0, 0.05) is 0 Å². The predicted molar refractivity (Wildman–Crippen MR) is 92.4 cm³/mol. The van der Waals surface area contributed by atoms with E-state index in [0.29, 0.717) is 11.3 Å². The molecule has 2 aromatic carbocycles. The van der Waals surface area contributed by atoms with E-state index in [4.69, 9.17) is 9.47 Å². The molecule has 0 aliphatic carbocycles. The van der Waals surface area contributed by atoms with E-state index < -0.39 is 23.7 Å². The SMILES string of the molecule is Cc1cc(C(NC(=O)COCCOc2ccccc2)C(=O)O)ccc1F. The van der Waals surface area contributed by atoms with Gasteiger partial charge in [0.25, 0.3) is 0 Å². The fourth-order valence-corrected chi connectivity index (χ4v) is 2.24. The quantitative estimate of drug-likeness (QED) is 0.670. The van der Waals surface area contributed by atoms with Gasteiger partial charge in [-0.2, -0.15) is 0 Å². The Morgan fingerprint density at radius 2 is 1.88 bits per heavy atom. The molecule has 0 aliphatic rings. The van der Waals surface area contributed by atoms with Crippen LogP contribution >= 0.6 is 0 Å². The Balaban J connectivity index is 1.78. The van der Waals surface area contributed by atoms with E-state index in [0.717, 1.165) is 0 Å². The summed E-state index contributed by atoms with van der Waals surface area (Å²) in [6.45, 7) is 1.66. The lowest BCUT2D eigenvalue weighted by molar-refractivity contribution is -0.142. The first kappa shape index (κ1) is 19.4. The Morgan fingerprint density at radius 1 is 1.15 bits per heavy atom. The normalized spacial score (nSPS) is 11.6. The predicted octanol–water partition coefficient (Wildman–Crippen LogP) is 2.47. The first-order valence-corrected chi connectivity index (χ1v) is 8.01. The van der Waals surface area contributed by atoms with Crippen molar-refractivity contribution in [1.82, 2.24) is 5.32 Å². The number of rotatable bonds is 9. The Kier molecular flexibility index (Phi) is 7.11. The molecule has 0 fully saturated rings. The number of aryl methyl sites for hydroxylation is 1. The van der Waals surface area contributed by atoms with Gasteiger partial charge in [-0.1, -0.05) is 30.3 Å². The Labute approximate surface area is 150 Å². The van der Waals surface area contributed by atoms with Crippen molar-refractivity contribution in [3.05, 3.63) is 65.5 Å². The molecular formula is C19H20FNO5. The van der Waals surface area contributed by atoms with Crippen molar-refractivity contribution in [3.63, 3.8) is 0 Å². The van der Waals surface area contributed by atoms with Gasteiger partial charge in [0.1, 0.15) is 24.8 Å². The van der Waals surface area contributed by atoms with Gasteiger partial charge >= 0.3 is 5.97 Å². The van der Waals surface area contributed by atoms with Gasteiger partial charge in [0.2, 0.25) is 5.91 Å². The van der Waals surface area contributed by atoms with Crippen molar-refractivity contribution in [1.29, 1.82) is 0 Å². The van der Waals surface area contributed by atoms with E-state index in [2.05, 4.69) is 5.32 Å². The molecule has 2 rings (SSSR count). The molecular weight excluding hydrogens is 341 g/mol.